The van der Waals surface area contributed by atoms with Crippen LogP contribution in [0.1, 0.15) is 43.2 Å². The Bertz CT molecular complexity index is 3210. The minimum atomic E-state index is 0.0407. The first-order valence-electron chi connectivity index (χ1n) is 21.5. The van der Waals surface area contributed by atoms with Gasteiger partial charge in [-0.2, -0.15) is 0 Å². The predicted octanol–water partition coefficient (Wildman–Crippen LogP) is 15.5. The molecule has 0 radical (unpaired) electrons. The summed E-state index contributed by atoms with van der Waals surface area (Å²) in [6, 6.07) is 71.1. The van der Waals surface area contributed by atoms with E-state index in [-0.39, 0.29) is 5.41 Å². The van der Waals surface area contributed by atoms with Gasteiger partial charge in [-0.3, -0.25) is 0 Å². The highest BCUT2D eigenvalue weighted by Crippen LogP contribution is 2.59. The zero-order valence-corrected chi connectivity index (χ0v) is 33.4. The van der Waals surface area contributed by atoms with Crippen LogP contribution in [0.5, 0.6) is 0 Å². The molecular formula is C58H42N2. The van der Waals surface area contributed by atoms with Gasteiger partial charge in [0.25, 0.3) is 0 Å². The maximum atomic E-state index is 5.43. The van der Waals surface area contributed by atoms with Crippen molar-refractivity contribution >= 4 is 32.3 Å². The third-order valence-corrected chi connectivity index (χ3v) is 13.5. The largest absolute Gasteiger partial charge is 0.228 e. The average molecular weight is 767 g/mol. The Labute approximate surface area is 350 Å². The van der Waals surface area contributed by atoms with Crippen LogP contribution in [0.25, 0.3) is 99.6 Å². The smallest absolute Gasteiger partial charge is 0.160 e. The number of hydrogen-bond donors (Lipinski definition) is 0. The van der Waals surface area contributed by atoms with Crippen LogP contribution < -0.4 is 0 Å². The fourth-order valence-electron chi connectivity index (χ4n) is 10.7. The van der Waals surface area contributed by atoms with Gasteiger partial charge in [0.15, 0.2) is 5.82 Å². The molecule has 1 heterocycles. The molecule has 0 atom stereocenters. The maximum Gasteiger partial charge on any atom is 0.160 e. The molecule has 1 fully saturated rings. The van der Waals surface area contributed by atoms with Crippen LogP contribution in [0.4, 0.5) is 0 Å². The third-order valence-electron chi connectivity index (χ3n) is 13.5. The summed E-state index contributed by atoms with van der Waals surface area (Å²) in [5, 5.41) is 7.49. The molecule has 60 heavy (non-hydrogen) atoms. The van der Waals surface area contributed by atoms with Crippen molar-refractivity contribution in [3.05, 3.63) is 205 Å². The van der Waals surface area contributed by atoms with Crippen molar-refractivity contribution in [3.8, 4) is 67.3 Å². The fraction of sp³-hybridized carbons (Fsp3) is 0.103. The van der Waals surface area contributed by atoms with Gasteiger partial charge in [-0.05, 0) is 108 Å². The Morgan fingerprint density at radius 2 is 0.867 bits per heavy atom. The molecule has 0 N–H and O–H groups in total. The van der Waals surface area contributed by atoms with Crippen LogP contribution in [-0.2, 0) is 5.41 Å². The summed E-state index contributed by atoms with van der Waals surface area (Å²) in [4.78, 5) is 10.7. The van der Waals surface area contributed by atoms with Crippen LogP contribution in [0, 0.1) is 0 Å². The van der Waals surface area contributed by atoms with E-state index in [9.17, 15) is 0 Å². The van der Waals surface area contributed by atoms with Crippen molar-refractivity contribution in [1.82, 2.24) is 9.97 Å². The minimum Gasteiger partial charge on any atom is -0.228 e. The summed E-state index contributed by atoms with van der Waals surface area (Å²) in [6.45, 7) is 0. The van der Waals surface area contributed by atoms with Gasteiger partial charge in [0, 0.05) is 22.1 Å². The summed E-state index contributed by atoms with van der Waals surface area (Å²) in [5.74, 6) is 0.718. The van der Waals surface area contributed by atoms with Crippen molar-refractivity contribution in [2.75, 3.05) is 0 Å². The number of benzene rings is 9. The molecule has 0 saturated heterocycles. The molecule has 1 saturated carbocycles. The molecule has 1 spiro atoms. The molecule has 2 aliphatic rings. The molecule has 0 aliphatic heterocycles. The summed E-state index contributed by atoms with van der Waals surface area (Å²) in [7, 11) is 0. The highest BCUT2D eigenvalue weighted by Gasteiger charge is 2.45. The van der Waals surface area contributed by atoms with Gasteiger partial charge in [-0.1, -0.05) is 195 Å². The zero-order chi connectivity index (χ0) is 39.6. The SMILES string of the molecule is c1ccc(-c2ccc(-c3cc(-c4c5ccccc5c(-c5cccc6c5-c5cc7ccccc7cc5C65CCCCC5)c5ccccc45)nc(-c4ccccc4)n3)cc2)cc1. The van der Waals surface area contributed by atoms with E-state index in [4.69, 9.17) is 9.97 Å². The van der Waals surface area contributed by atoms with E-state index in [1.165, 1.54) is 109 Å². The van der Waals surface area contributed by atoms with Gasteiger partial charge in [-0.25, -0.2) is 9.97 Å². The van der Waals surface area contributed by atoms with Gasteiger partial charge < -0.3 is 0 Å². The van der Waals surface area contributed by atoms with E-state index in [1.807, 2.05) is 6.07 Å². The fourth-order valence-corrected chi connectivity index (χ4v) is 10.7. The summed E-state index contributed by atoms with van der Waals surface area (Å²) >= 11 is 0. The second-order valence-corrected chi connectivity index (χ2v) is 16.7. The first kappa shape index (κ1) is 34.8. The molecular weight excluding hydrogens is 725 g/mol. The van der Waals surface area contributed by atoms with E-state index in [2.05, 4.69) is 188 Å². The molecule has 0 unspecified atom stereocenters. The number of hydrogen-bond acceptors (Lipinski definition) is 2. The van der Waals surface area contributed by atoms with Gasteiger partial charge in [0.2, 0.25) is 0 Å². The van der Waals surface area contributed by atoms with Crippen LogP contribution >= 0.6 is 0 Å². The average Bonchev–Trinajstić information content (AvgIpc) is 3.58. The van der Waals surface area contributed by atoms with Crippen LogP contribution in [0.3, 0.4) is 0 Å². The topological polar surface area (TPSA) is 25.8 Å². The molecule has 2 aliphatic carbocycles. The second kappa shape index (κ2) is 14.0. The van der Waals surface area contributed by atoms with Crippen LogP contribution in [0.15, 0.2) is 194 Å². The van der Waals surface area contributed by atoms with E-state index < -0.39 is 0 Å². The minimum absolute atomic E-state index is 0.0407. The molecule has 2 heteroatoms. The first-order valence-corrected chi connectivity index (χ1v) is 21.5. The van der Waals surface area contributed by atoms with Crippen molar-refractivity contribution in [2.24, 2.45) is 0 Å². The maximum absolute atomic E-state index is 5.43. The predicted molar refractivity (Wildman–Crippen MR) is 251 cm³/mol. The van der Waals surface area contributed by atoms with Crippen molar-refractivity contribution in [1.29, 1.82) is 0 Å². The lowest BCUT2D eigenvalue weighted by Gasteiger charge is -2.36. The van der Waals surface area contributed by atoms with E-state index >= 15 is 0 Å². The highest BCUT2D eigenvalue weighted by molar-refractivity contribution is 6.22. The number of fused-ring (bicyclic) bond motifs is 8. The zero-order valence-electron chi connectivity index (χ0n) is 33.4. The Morgan fingerprint density at radius 1 is 0.333 bits per heavy atom. The monoisotopic (exact) mass is 766 g/mol. The quantitative estimate of drug-likeness (QED) is 0.163. The Hall–Kier alpha value is -7.16. The molecule has 0 amide bonds. The molecule has 9 aromatic carbocycles. The van der Waals surface area contributed by atoms with Gasteiger partial charge >= 0.3 is 0 Å². The van der Waals surface area contributed by atoms with Gasteiger partial charge in [-0.15, -0.1) is 0 Å². The van der Waals surface area contributed by atoms with Gasteiger partial charge in [0.1, 0.15) is 0 Å². The number of aromatic nitrogens is 2. The van der Waals surface area contributed by atoms with E-state index in [0.29, 0.717) is 0 Å². The molecule has 1 aromatic heterocycles. The van der Waals surface area contributed by atoms with E-state index in [1.54, 1.807) is 0 Å². The number of rotatable bonds is 5. The molecule has 0 bridgehead atoms. The lowest BCUT2D eigenvalue weighted by molar-refractivity contribution is 0.353. The Morgan fingerprint density at radius 3 is 1.53 bits per heavy atom. The third kappa shape index (κ3) is 5.48. The van der Waals surface area contributed by atoms with Crippen molar-refractivity contribution in [3.63, 3.8) is 0 Å². The molecule has 284 valence electrons. The summed E-state index contributed by atoms with van der Waals surface area (Å²) in [5.41, 5.74) is 15.9. The number of nitrogens with zero attached hydrogens (tertiary/aromatic N) is 2. The Balaban J connectivity index is 1.11. The normalized spacial score (nSPS) is 14.1. The first-order chi connectivity index (χ1) is 29.7. The van der Waals surface area contributed by atoms with Crippen molar-refractivity contribution in [2.45, 2.75) is 37.5 Å². The van der Waals surface area contributed by atoms with Crippen LogP contribution in [-0.4, -0.2) is 9.97 Å². The second-order valence-electron chi connectivity index (χ2n) is 16.7. The van der Waals surface area contributed by atoms with Crippen molar-refractivity contribution < 1.29 is 0 Å². The highest BCUT2D eigenvalue weighted by atomic mass is 14.9. The summed E-state index contributed by atoms with van der Waals surface area (Å²) < 4.78 is 0. The lowest BCUT2D eigenvalue weighted by atomic mass is 9.67. The molecule has 2 nitrogen and oxygen atoms in total. The van der Waals surface area contributed by atoms with E-state index in [0.717, 1.165) is 33.9 Å². The Kier molecular flexibility index (Phi) is 8.13. The molecule has 12 rings (SSSR count). The molecule has 10 aromatic rings. The lowest BCUT2D eigenvalue weighted by Crippen LogP contribution is -2.28. The summed E-state index contributed by atoms with van der Waals surface area (Å²) in [6.07, 6.45) is 6.24. The van der Waals surface area contributed by atoms with Crippen LogP contribution in [0.2, 0.25) is 0 Å². The standard InChI is InChI=1S/C58H42N2/c1-4-17-38(18-5-1)39-29-31-40(32-30-39)52-37-53(60-57(59-52)41-19-6-2-7-20-41)56-46-25-12-10-23-44(46)54(45-24-11-13-26-47(45)56)48-27-16-28-50-55(48)49-35-42-21-8-9-22-43(42)36-51(49)58(50)33-14-3-15-34-58/h1-2,4-13,16-32,35-37H,3,14-15,33-34H2. The van der Waals surface area contributed by atoms with Gasteiger partial charge in [0.05, 0.1) is 11.4 Å².